The molecule has 2 aromatic carbocycles. The minimum Gasteiger partial charge on any atom is -0.353 e. The van der Waals surface area contributed by atoms with Crippen LogP contribution in [-0.4, -0.2) is 25.7 Å². The molecule has 0 bridgehead atoms. The Morgan fingerprint density at radius 3 is 2.51 bits per heavy atom. The number of fused-ring (bicyclic) bond motifs is 1. The SMILES string of the molecule is CCn1c(=O)c2c(Nc3ccc(I)cc3F)n(C)c(=O)c(C)c2n(-c2cccc(CC(=O)NC3CC3)c2)c1=O. The van der Waals surface area contributed by atoms with Gasteiger partial charge in [0, 0.05) is 28.8 Å². The molecule has 39 heavy (non-hydrogen) atoms. The van der Waals surface area contributed by atoms with Crippen molar-refractivity contribution in [1.29, 1.82) is 0 Å². The summed E-state index contributed by atoms with van der Waals surface area (Å²) >= 11 is 1.99. The summed E-state index contributed by atoms with van der Waals surface area (Å²) < 4.78 is 19.2. The van der Waals surface area contributed by atoms with Crippen molar-refractivity contribution in [1.82, 2.24) is 19.0 Å². The van der Waals surface area contributed by atoms with Crippen LogP contribution in [0.15, 0.2) is 56.8 Å². The molecule has 1 fully saturated rings. The topological polar surface area (TPSA) is 107 Å². The lowest BCUT2D eigenvalue weighted by atomic mass is 10.1. The summed E-state index contributed by atoms with van der Waals surface area (Å²) in [6.45, 7) is 3.31. The lowest BCUT2D eigenvalue weighted by molar-refractivity contribution is -0.120. The number of nitrogens with one attached hydrogen (secondary N) is 2. The van der Waals surface area contributed by atoms with Gasteiger partial charge in [-0.3, -0.25) is 28.1 Å². The van der Waals surface area contributed by atoms with Crippen LogP contribution in [0, 0.1) is 16.3 Å². The Morgan fingerprint density at radius 2 is 1.85 bits per heavy atom. The molecule has 2 N–H and O–H groups in total. The number of amides is 1. The van der Waals surface area contributed by atoms with Crippen LogP contribution >= 0.6 is 22.6 Å². The van der Waals surface area contributed by atoms with E-state index in [0.29, 0.717) is 14.8 Å². The van der Waals surface area contributed by atoms with Crippen LogP contribution in [-0.2, 0) is 24.8 Å². The predicted octanol–water partition coefficient (Wildman–Crippen LogP) is 3.49. The fourth-order valence-corrected chi connectivity index (χ4v) is 5.18. The maximum atomic E-state index is 14.8. The smallest absolute Gasteiger partial charge is 0.336 e. The van der Waals surface area contributed by atoms with Crippen LogP contribution in [0.3, 0.4) is 0 Å². The average Bonchev–Trinajstić information content (AvgIpc) is 3.70. The summed E-state index contributed by atoms with van der Waals surface area (Å²) in [7, 11) is 1.49. The van der Waals surface area contributed by atoms with Gasteiger partial charge in [-0.25, -0.2) is 9.18 Å². The fourth-order valence-electron chi connectivity index (χ4n) is 4.72. The Labute approximate surface area is 236 Å². The largest absolute Gasteiger partial charge is 0.353 e. The van der Waals surface area contributed by atoms with Crippen molar-refractivity contribution in [3.8, 4) is 5.69 Å². The number of benzene rings is 2. The van der Waals surface area contributed by atoms with Crippen LogP contribution in [0.2, 0.25) is 0 Å². The second-order valence-electron chi connectivity index (χ2n) is 9.67. The zero-order chi connectivity index (χ0) is 28.0. The van der Waals surface area contributed by atoms with E-state index in [9.17, 15) is 23.6 Å². The van der Waals surface area contributed by atoms with Crippen molar-refractivity contribution < 1.29 is 9.18 Å². The molecule has 0 unspecified atom stereocenters. The van der Waals surface area contributed by atoms with Gasteiger partial charge < -0.3 is 10.6 Å². The molecule has 4 aromatic rings. The molecule has 11 heteroatoms. The highest BCUT2D eigenvalue weighted by molar-refractivity contribution is 14.1. The average molecular weight is 643 g/mol. The highest BCUT2D eigenvalue weighted by atomic mass is 127. The molecule has 1 saturated carbocycles. The third-order valence-corrected chi connectivity index (χ3v) is 7.54. The van der Waals surface area contributed by atoms with Crippen molar-refractivity contribution in [3.63, 3.8) is 0 Å². The quantitative estimate of drug-likeness (QED) is 0.300. The second kappa shape index (κ2) is 10.4. The molecule has 0 saturated heterocycles. The monoisotopic (exact) mass is 643 g/mol. The van der Waals surface area contributed by atoms with Gasteiger partial charge in [0.05, 0.1) is 23.3 Å². The molecule has 0 aliphatic heterocycles. The molecule has 1 amide bonds. The van der Waals surface area contributed by atoms with Crippen LogP contribution in [0.4, 0.5) is 15.9 Å². The molecular formula is C28H27FIN5O4. The van der Waals surface area contributed by atoms with Crippen LogP contribution in [0.25, 0.3) is 16.6 Å². The summed E-state index contributed by atoms with van der Waals surface area (Å²) in [6.07, 6.45) is 2.08. The van der Waals surface area contributed by atoms with E-state index in [1.54, 1.807) is 44.2 Å². The molecule has 5 rings (SSSR count). The van der Waals surface area contributed by atoms with Crippen molar-refractivity contribution in [2.24, 2.45) is 7.05 Å². The third kappa shape index (κ3) is 5.02. The van der Waals surface area contributed by atoms with Crippen molar-refractivity contribution in [3.05, 3.63) is 94.2 Å². The Bertz CT molecular complexity index is 1820. The number of carbonyl (C=O) groups is 1. The first-order valence-electron chi connectivity index (χ1n) is 12.6. The molecule has 2 heterocycles. The van der Waals surface area contributed by atoms with Crippen LogP contribution in [0.1, 0.15) is 30.9 Å². The molecule has 0 spiro atoms. The van der Waals surface area contributed by atoms with Crippen LogP contribution < -0.4 is 27.4 Å². The van der Waals surface area contributed by atoms with E-state index in [0.717, 1.165) is 17.4 Å². The van der Waals surface area contributed by atoms with Crippen LogP contribution in [0.5, 0.6) is 0 Å². The highest BCUT2D eigenvalue weighted by Gasteiger charge is 2.25. The second-order valence-corrected chi connectivity index (χ2v) is 10.9. The summed E-state index contributed by atoms with van der Waals surface area (Å²) in [5, 5.41) is 5.96. The number of carbonyl (C=O) groups excluding carboxylic acids is 1. The Kier molecular flexibility index (Phi) is 7.19. The number of rotatable bonds is 7. The number of nitrogens with zero attached hydrogens (tertiary/aromatic N) is 3. The number of aromatic nitrogens is 3. The summed E-state index contributed by atoms with van der Waals surface area (Å²) in [4.78, 5) is 53.2. The van der Waals surface area contributed by atoms with E-state index < -0.39 is 22.6 Å². The first-order valence-corrected chi connectivity index (χ1v) is 13.7. The van der Waals surface area contributed by atoms with E-state index in [1.165, 1.54) is 28.3 Å². The summed E-state index contributed by atoms with van der Waals surface area (Å²) in [6, 6.07) is 11.7. The van der Waals surface area contributed by atoms with Gasteiger partial charge >= 0.3 is 5.69 Å². The van der Waals surface area contributed by atoms with Gasteiger partial charge in [0.2, 0.25) is 5.91 Å². The fraction of sp³-hybridized carbons (Fsp3) is 0.286. The molecule has 202 valence electrons. The summed E-state index contributed by atoms with van der Waals surface area (Å²) in [5.41, 5.74) is -0.163. The number of hydrogen-bond donors (Lipinski definition) is 2. The van der Waals surface area contributed by atoms with Crippen molar-refractivity contribution in [2.45, 2.75) is 45.7 Å². The number of pyridine rings is 1. The zero-order valence-electron chi connectivity index (χ0n) is 21.7. The minimum atomic E-state index is -0.614. The molecule has 1 aliphatic carbocycles. The number of hydrogen-bond acceptors (Lipinski definition) is 5. The Hall–Kier alpha value is -3.74. The lowest BCUT2D eigenvalue weighted by Crippen LogP contribution is -2.41. The molecule has 1 aliphatic rings. The van der Waals surface area contributed by atoms with E-state index in [2.05, 4.69) is 10.6 Å². The highest BCUT2D eigenvalue weighted by Crippen LogP contribution is 2.27. The molecular weight excluding hydrogens is 616 g/mol. The Morgan fingerprint density at radius 1 is 1.10 bits per heavy atom. The van der Waals surface area contributed by atoms with Gasteiger partial charge in [0.15, 0.2) is 0 Å². The van der Waals surface area contributed by atoms with Gasteiger partial charge in [0.25, 0.3) is 11.1 Å². The Balaban J connectivity index is 1.77. The number of aryl methyl sites for hydroxylation is 1. The van der Waals surface area contributed by atoms with E-state index in [-0.39, 0.29) is 52.9 Å². The van der Waals surface area contributed by atoms with Gasteiger partial charge in [0.1, 0.15) is 17.0 Å². The number of halogens is 2. The van der Waals surface area contributed by atoms with Gasteiger partial charge in [-0.1, -0.05) is 12.1 Å². The molecule has 2 aromatic heterocycles. The molecule has 0 radical (unpaired) electrons. The van der Waals surface area contributed by atoms with E-state index in [1.807, 2.05) is 22.6 Å². The van der Waals surface area contributed by atoms with Crippen molar-refractivity contribution >= 4 is 50.9 Å². The molecule has 9 nitrogen and oxygen atoms in total. The van der Waals surface area contributed by atoms with E-state index >= 15 is 0 Å². The first kappa shape index (κ1) is 26.9. The number of anilines is 2. The maximum absolute atomic E-state index is 14.8. The first-order chi connectivity index (χ1) is 18.6. The minimum absolute atomic E-state index is 0.0709. The molecule has 0 atom stereocenters. The van der Waals surface area contributed by atoms with Gasteiger partial charge in [-0.15, -0.1) is 0 Å². The normalized spacial score (nSPS) is 13.1. The third-order valence-electron chi connectivity index (χ3n) is 6.87. The van der Waals surface area contributed by atoms with Crippen molar-refractivity contribution in [2.75, 3.05) is 5.32 Å². The van der Waals surface area contributed by atoms with Gasteiger partial charge in [-0.2, -0.15) is 0 Å². The lowest BCUT2D eigenvalue weighted by Gasteiger charge is -2.20. The maximum Gasteiger partial charge on any atom is 0.336 e. The summed E-state index contributed by atoms with van der Waals surface area (Å²) in [5.74, 6) is -0.590. The predicted molar refractivity (Wildman–Crippen MR) is 157 cm³/mol. The zero-order valence-corrected chi connectivity index (χ0v) is 23.8. The van der Waals surface area contributed by atoms with E-state index in [4.69, 9.17) is 0 Å². The van der Waals surface area contributed by atoms with Gasteiger partial charge in [-0.05, 0) is 85.2 Å². The standard InChI is InChI=1S/C28H27FIN5O4/c1-4-34-27(38)23-24(15(2)26(37)33(3)25(23)32-21-11-8-17(30)14-20(21)29)35(28(34)39)19-7-5-6-16(12-19)13-22(36)31-18-9-10-18/h5-8,11-12,14,18,32H,4,9-10,13H2,1-3H3,(H,31,36).